The van der Waals surface area contributed by atoms with Crippen molar-refractivity contribution in [3.05, 3.63) is 42.3 Å². The fraction of sp³-hybridized carbons (Fsp3) is 0.400. The zero-order valence-corrected chi connectivity index (χ0v) is 12.6. The number of piperazine rings is 1. The third-order valence-corrected chi connectivity index (χ3v) is 3.35. The molecular formula is C15H17F3N4O. The van der Waals surface area contributed by atoms with E-state index in [1.54, 1.807) is 22.0 Å². The predicted octanol–water partition coefficient (Wildman–Crippen LogP) is 2.28. The zero-order valence-electron chi connectivity index (χ0n) is 12.6. The van der Waals surface area contributed by atoms with Crippen molar-refractivity contribution in [3.8, 4) is 0 Å². The Morgan fingerprint density at radius 2 is 1.91 bits per heavy atom. The van der Waals surface area contributed by atoms with Gasteiger partial charge in [-0.15, -0.1) is 0 Å². The number of alkyl halides is 3. The summed E-state index contributed by atoms with van der Waals surface area (Å²) in [4.78, 5) is 22.7. The molecule has 1 aliphatic heterocycles. The van der Waals surface area contributed by atoms with Crippen molar-refractivity contribution < 1.29 is 18.0 Å². The largest absolute Gasteiger partial charge is 0.433 e. The molecule has 0 unspecified atom stereocenters. The topological polar surface area (TPSA) is 49.3 Å². The minimum Gasteiger partial charge on any atom is -0.337 e. The molecule has 2 rings (SSSR count). The quantitative estimate of drug-likeness (QED) is 0.632. The first-order valence-corrected chi connectivity index (χ1v) is 7.15. The first-order valence-electron chi connectivity index (χ1n) is 7.15. The number of carbonyl (C=O) groups excluding carboxylic acids is 1. The lowest BCUT2D eigenvalue weighted by molar-refractivity contribution is -0.141. The fourth-order valence-corrected chi connectivity index (χ4v) is 2.14. The van der Waals surface area contributed by atoms with Crippen molar-refractivity contribution in [3.63, 3.8) is 0 Å². The van der Waals surface area contributed by atoms with E-state index in [9.17, 15) is 18.0 Å². The lowest BCUT2D eigenvalue weighted by Gasteiger charge is -2.34. The van der Waals surface area contributed by atoms with E-state index in [2.05, 4.69) is 9.97 Å². The Labute approximate surface area is 132 Å². The summed E-state index contributed by atoms with van der Waals surface area (Å²) in [6, 6.07) is 0.843. The summed E-state index contributed by atoms with van der Waals surface area (Å²) < 4.78 is 38.0. The third kappa shape index (κ3) is 4.54. The van der Waals surface area contributed by atoms with E-state index in [4.69, 9.17) is 0 Å². The van der Waals surface area contributed by atoms with Crippen LogP contribution in [0.15, 0.2) is 36.6 Å². The first kappa shape index (κ1) is 17.0. The second-order valence-electron chi connectivity index (χ2n) is 4.94. The molecule has 1 fully saturated rings. The summed E-state index contributed by atoms with van der Waals surface area (Å²) in [5.41, 5.74) is -0.963. The van der Waals surface area contributed by atoms with Gasteiger partial charge in [-0.05, 0) is 13.0 Å². The van der Waals surface area contributed by atoms with Crippen LogP contribution in [-0.2, 0) is 11.0 Å². The maximum absolute atomic E-state index is 12.7. The molecule has 5 nitrogen and oxygen atoms in total. The highest BCUT2D eigenvalue weighted by molar-refractivity contribution is 5.88. The average Bonchev–Trinajstić information content (AvgIpc) is 2.54. The van der Waals surface area contributed by atoms with Crippen LogP contribution >= 0.6 is 0 Å². The molecule has 1 aromatic heterocycles. The van der Waals surface area contributed by atoms with Crippen LogP contribution in [0.2, 0.25) is 0 Å². The summed E-state index contributed by atoms with van der Waals surface area (Å²) in [5.74, 6) is -0.0795. The van der Waals surface area contributed by atoms with E-state index in [0.29, 0.717) is 26.2 Å². The van der Waals surface area contributed by atoms with Crippen molar-refractivity contribution >= 4 is 11.9 Å². The molecule has 2 heterocycles. The van der Waals surface area contributed by atoms with Crippen LogP contribution in [0.5, 0.6) is 0 Å². The number of hydrogen-bond donors (Lipinski definition) is 0. The zero-order chi connectivity index (χ0) is 16.9. The first-order chi connectivity index (χ1) is 10.9. The van der Waals surface area contributed by atoms with Gasteiger partial charge in [0.05, 0.1) is 0 Å². The van der Waals surface area contributed by atoms with Gasteiger partial charge in [0, 0.05) is 38.5 Å². The smallest absolute Gasteiger partial charge is 0.337 e. The number of halogens is 3. The monoisotopic (exact) mass is 326 g/mol. The van der Waals surface area contributed by atoms with Gasteiger partial charge in [-0.25, -0.2) is 9.97 Å². The lowest BCUT2D eigenvalue weighted by Crippen LogP contribution is -2.49. The van der Waals surface area contributed by atoms with Gasteiger partial charge in [-0.2, -0.15) is 13.2 Å². The van der Waals surface area contributed by atoms with Crippen LogP contribution in [-0.4, -0.2) is 47.0 Å². The number of nitrogens with zero attached hydrogens (tertiary/aromatic N) is 4. The molecule has 0 bridgehead atoms. The Morgan fingerprint density at radius 3 is 2.52 bits per heavy atom. The van der Waals surface area contributed by atoms with Crippen molar-refractivity contribution in [1.29, 1.82) is 0 Å². The molecule has 0 radical (unpaired) electrons. The second kappa shape index (κ2) is 7.26. The molecule has 0 spiro atoms. The second-order valence-corrected chi connectivity index (χ2v) is 4.94. The van der Waals surface area contributed by atoms with Gasteiger partial charge in [0.25, 0.3) is 0 Å². The average molecular weight is 326 g/mol. The van der Waals surface area contributed by atoms with E-state index in [0.717, 1.165) is 12.3 Å². The molecule has 1 aliphatic rings. The normalized spacial score (nSPS) is 16.5. The van der Waals surface area contributed by atoms with Gasteiger partial charge in [0.2, 0.25) is 11.9 Å². The predicted molar refractivity (Wildman–Crippen MR) is 79.8 cm³/mol. The molecular weight excluding hydrogens is 309 g/mol. The summed E-state index contributed by atoms with van der Waals surface area (Å²) in [6.07, 6.45) is 3.30. The van der Waals surface area contributed by atoms with Crippen LogP contribution in [0.1, 0.15) is 12.6 Å². The van der Waals surface area contributed by atoms with E-state index in [-0.39, 0.29) is 11.9 Å². The highest BCUT2D eigenvalue weighted by Crippen LogP contribution is 2.28. The van der Waals surface area contributed by atoms with Crippen LogP contribution in [0, 0.1) is 0 Å². The molecule has 0 saturated carbocycles. The molecule has 0 aromatic carbocycles. The summed E-state index contributed by atoms with van der Waals surface area (Å²) >= 11 is 0. The minimum absolute atomic E-state index is 0.0383. The van der Waals surface area contributed by atoms with E-state index < -0.39 is 11.9 Å². The number of carbonyl (C=O) groups is 1. The number of amides is 1. The summed E-state index contributed by atoms with van der Waals surface area (Å²) in [6.45, 7) is 3.47. The van der Waals surface area contributed by atoms with Crippen LogP contribution < -0.4 is 4.90 Å². The maximum Gasteiger partial charge on any atom is 0.433 e. The Bertz CT molecular complexity index is 605. The molecule has 8 heteroatoms. The van der Waals surface area contributed by atoms with Gasteiger partial charge in [-0.3, -0.25) is 4.79 Å². The highest BCUT2D eigenvalue weighted by atomic mass is 19.4. The number of rotatable bonds is 3. The van der Waals surface area contributed by atoms with Crippen LogP contribution in [0.4, 0.5) is 19.1 Å². The summed E-state index contributed by atoms with van der Waals surface area (Å²) in [7, 11) is 0. The molecule has 23 heavy (non-hydrogen) atoms. The van der Waals surface area contributed by atoms with E-state index in [1.165, 1.54) is 6.08 Å². The van der Waals surface area contributed by atoms with E-state index in [1.807, 2.05) is 13.0 Å². The van der Waals surface area contributed by atoms with Gasteiger partial charge in [-0.1, -0.05) is 18.2 Å². The number of aromatic nitrogens is 2. The van der Waals surface area contributed by atoms with Gasteiger partial charge < -0.3 is 9.80 Å². The SMILES string of the molecule is CC=CC=CC(=O)N1CCN(c2nccc(C(F)(F)F)n2)CC1. The number of hydrogen-bond acceptors (Lipinski definition) is 4. The van der Waals surface area contributed by atoms with Gasteiger partial charge in [0.1, 0.15) is 5.69 Å². The standard InChI is InChI=1S/C15H17F3N4O/c1-2-3-4-5-13(23)21-8-10-22(11-9-21)14-19-7-6-12(20-14)15(16,17)18/h2-7H,8-11H2,1H3. The number of allylic oxidation sites excluding steroid dienone is 3. The Hall–Kier alpha value is -2.38. The van der Waals surface area contributed by atoms with Gasteiger partial charge >= 0.3 is 6.18 Å². The summed E-state index contributed by atoms with van der Waals surface area (Å²) in [5, 5.41) is 0. The molecule has 1 saturated heterocycles. The Balaban J connectivity index is 1.98. The lowest BCUT2D eigenvalue weighted by atomic mass is 10.3. The Morgan fingerprint density at radius 1 is 1.22 bits per heavy atom. The molecule has 0 atom stereocenters. The van der Waals surface area contributed by atoms with Crippen molar-refractivity contribution in [2.45, 2.75) is 13.1 Å². The van der Waals surface area contributed by atoms with Crippen LogP contribution in [0.25, 0.3) is 0 Å². The van der Waals surface area contributed by atoms with Crippen molar-refractivity contribution in [2.75, 3.05) is 31.1 Å². The maximum atomic E-state index is 12.7. The molecule has 0 N–H and O–H groups in total. The van der Waals surface area contributed by atoms with Gasteiger partial charge in [0.15, 0.2) is 0 Å². The van der Waals surface area contributed by atoms with E-state index >= 15 is 0 Å². The van der Waals surface area contributed by atoms with Crippen LogP contribution in [0.3, 0.4) is 0 Å². The highest BCUT2D eigenvalue weighted by Gasteiger charge is 2.33. The number of anilines is 1. The van der Waals surface area contributed by atoms with Crippen molar-refractivity contribution in [1.82, 2.24) is 14.9 Å². The minimum atomic E-state index is -4.49. The Kier molecular flexibility index (Phi) is 5.36. The molecule has 0 aliphatic carbocycles. The molecule has 1 amide bonds. The molecule has 124 valence electrons. The fourth-order valence-electron chi connectivity index (χ4n) is 2.14. The molecule has 1 aromatic rings. The third-order valence-electron chi connectivity index (χ3n) is 3.35. The van der Waals surface area contributed by atoms with Crippen molar-refractivity contribution in [2.24, 2.45) is 0 Å².